The van der Waals surface area contributed by atoms with Crippen LogP contribution in [0.1, 0.15) is 57.7 Å². The van der Waals surface area contributed by atoms with E-state index in [-0.39, 0.29) is 5.92 Å². The predicted molar refractivity (Wildman–Crippen MR) is 183 cm³/mol. The minimum atomic E-state index is 0.0355. The molecule has 0 unspecified atom stereocenters. The van der Waals surface area contributed by atoms with E-state index >= 15 is 0 Å². The van der Waals surface area contributed by atoms with Gasteiger partial charge in [0.2, 0.25) is 0 Å². The predicted octanol–water partition coefficient (Wildman–Crippen LogP) is 9.58. The van der Waals surface area contributed by atoms with E-state index in [1.807, 2.05) is 0 Å². The molecule has 0 saturated carbocycles. The number of methoxy groups -OCH3 is 1. The number of nitrogens with one attached hydrogen (secondary N) is 2. The molecule has 43 heavy (non-hydrogen) atoms. The second-order valence-electron chi connectivity index (χ2n) is 11.3. The fourth-order valence-electron chi connectivity index (χ4n) is 5.87. The van der Waals surface area contributed by atoms with Gasteiger partial charge in [0, 0.05) is 35.9 Å². The third-order valence-electron chi connectivity index (χ3n) is 8.26. The molecule has 0 fully saturated rings. The van der Waals surface area contributed by atoms with Crippen LogP contribution in [0.4, 0.5) is 11.4 Å². The van der Waals surface area contributed by atoms with Gasteiger partial charge in [-0.05, 0) is 103 Å². The van der Waals surface area contributed by atoms with Crippen LogP contribution in [-0.4, -0.2) is 20.2 Å². The van der Waals surface area contributed by atoms with Gasteiger partial charge in [0.25, 0.3) is 0 Å². The third-order valence-corrected chi connectivity index (χ3v) is 8.26. The highest BCUT2D eigenvalue weighted by atomic mass is 16.5. The topological polar surface area (TPSA) is 33.3 Å². The zero-order chi connectivity index (χ0) is 29.9. The molecule has 5 rings (SSSR count). The van der Waals surface area contributed by atoms with Crippen LogP contribution in [0.5, 0.6) is 5.75 Å². The number of para-hydroxylation sites is 1. The van der Waals surface area contributed by atoms with Gasteiger partial charge in [0.1, 0.15) is 5.75 Å². The molecule has 0 radical (unpaired) electrons. The fourth-order valence-corrected chi connectivity index (χ4v) is 5.87. The summed E-state index contributed by atoms with van der Waals surface area (Å²) in [5.41, 5.74) is 11.4. The van der Waals surface area contributed by atoms with Crippen molar-refractivity contribution in [1.29, 1.82) is 0 Å². The van der Waals surface area contributed by atoms with Crippen LogP contribution in [0.2, 0.25) is 0 Å². The van der Waals surface area contributed by atoms with Crippen molar-refractivity contribution in [3.8, 4) is 5.75 Å². The fraction of sp³-hybridized carbons (Fsp3) is 0.250. The van der Waals surface area contributed by atoms with Crippen LogP contribution in [0.15, 0.2) is 121 Å². The Morgan fingerprint density at radius 2 is 1.00 bits per heavy atom. The van der Waals surface area contributed by atoms with Crippen LogP contribution in [-0.2, 0) is 12.8 Å². The third kappa shape index (κ3) is 8.08. The van der Waals surface area contributed by atoms with Crippen molar-refractivity contribution in [3.05, 3.63) is 160 Å². The molecule has 0 heterocycles. The maximum Gasteiger partial charge on any atom is 0.123 e. The maximum absolute atomic E-state index is 5.92. The monoisotopic (exact) mass is 568 g/mol. The van der Waals surface area contributed by atoms with E-state index < -0.39 is 0 Å². The summed E-state index contributed by atoms with van der Waals surface area (Å²) in [5, 5.41) is 7.40. The van der Waals surface area contributed by atoms with Gasteiger partial charge < -0.3 is 15.4 Å². The largest absolute Gasteiger partial charge is 0.496 e. The normalized spacial score (nSPS) is 11.0. The SMILES string of the molecule is COc1ccccc1C(c1cc(NCCCc2ccccc2)ccc1C)c1cc(NCCCc2ccccc2)ccc1C. The van der Waals surface area contributed by atoms with Crippen LogP contribution in [0.3, 0.4) is 0 Å². The van der Waals surface area contributed by atoms with E-state index in [0.29, 0.717) is 0 Å². The number of aryl methyl sites for hydroxylation is 4. The van der Waals surface area contributed by atoms with Crippen LogP contribution in [0.25, 0.3) is 0 Å². The number of hydrogen-bond donors (Lipinski definition) is 2. The summed E-state index contributed by atoms with van der Waals surface area (Å²) in [6.45, 7) is 6.30. The van der Waals surface area contributed by atoms with Gasteiger partial charge >= 0.3 is 0 Å². The van der Waals surface area contributed by atoms with Crippen molar-refractivity contribution < 1.29 is 4.74 Å². The van der Waals surface area contributed by atoms with Gasteiger partial charge in [-0.3, -0.25) is 0 Å². The van der Waals surface area contributed by atoms with Crippen molar-refractivity contribution in [2.75, 3.05) is 30.8 Å². The first-order valence-electron chi connectivity index (χ1n) is 15.5. The first-order chi connectivity index (χ1) is 21.1. The van der Waals surface area contributed by atoms with E-state index in [2.05, 4.69) is 146 Å². The standard InChI is InChI=1S/C40H44N2O/c1-30-22-24-34(41-26-12-18-32-14-6-4-7-15-32)28-37(30)40(36-20-10-11-21-39(36)43-3)38-29-35(25-23-31(38)2)42-27-13-19-33-16-8-5-9-17-33/h4-11,14-17,20-25,28-29,40-42H,12-13,18-19,26-27H2,1-3H3. The molecule has 2 N–H and O–H groups in total. The molecule has 5 aromatic rings. The summed E-state index contributed by atoms with van der Waals surface area (Å²) in [6.07, 6.45) is 4.31. The van der Waals surface area contributed by atoms with Gasteiger partial charge in [-0.15, -0.1) is 0 Å². The first kappa shape index (κ1) is 30.0. The highest BCUT2D eigenvalue weighted by Crippen LogP contribution is 2.41. The molecule has 3 nitrogen and oxygen atoms in total. The summed E-state index contributed by atoms with van der Waals surface area (Å²) < 4.78 is 5.92. The van der Waals surface area contributed by atoms with E-state index in [1.54, 1.807) is 7.11 Å². The molecule has 3 heteroatoms. The summed E-state index contributed by atoms with van der Waals surface area (Å²) in [6, 6.07) is 43.5. The van der Waals surface area contributed by atoms with Gasteiger partial charge in [0.15, 0.2) is 0 Å². The van der Waals surface area contributed by atoms with Gasteiger partial charge in [-0.1, -0.05) is 91.0 Å². The Balaban J connectivity index is 1.39. The quantitative estimate of drug-likeness (QED) is 0.103. The molecular weight excluding hydrogens is 524 g/mol. The smallest absolute Gasteiger partial charge is 0.123 e. The second kappa shape index (κ2) is 15.1. The minimum absolute atomic E-state index is 0.0355. The summed E-state index contributed by atoms with van der Waals surface area (Å²) in [7, 11) is 1.77. The molecular formula is C40H44N2O. The lowest BCUT2D eigenvalue weighted by Gasteiger charge is -2.26. The molecule has 5 aromatic carbocycles. The molecule has 220 valence electrons. The summed E-state index contributed by atoms with van der Waals surface area (Å²) in [4.78, 5) is 0. The number of ether oxygens (including phenoxy) is 1. The molecule has 0 aliphatic carbocycles. The Bertz CT molecular complexity index is 1480. The van der Waals surface area contributed by atoms with Crippen molar-refractivity contribution in [1.82, 2.24) is 0 Å². The van der Waals surface area contributed by atoms with Crippen molar-refractivity contribution in [2.45, 2.75) is 45.4 Å². The Hall–Kier alpha value is -4.50. The number of hydrogen-bond acceptors (Lipinski definition) is 3. The second-order valence-corrected chi connectivity index (χ2v) is 11.3. The Labute approximate surface area is 258 Å². The number of anilines is 2. The highest BCUT2D eigenvalue weighted by Gasteiger charge is 2.24. The molecule has 0 atom stereocenters. The Kier molecular flexibility index (Phi) is 10.5. The van der Waals surface area contributed by atoms with Crippen LogP contribution < -0.4 is 15.4 Å². The minimum Gasteiger partial charge on any atom is -0.496 e. The molecule has 0 amide bonds. The lowest BCUT2D eigenvalue weighted by atomic mass is 9.80. The first-order valence-corrected chi connectivity index (χ1v) is 15.5. The molecule has 0 aliphatic rings. The Morgan fingerprint density at radius 3 is 1.49 bits per heavy atom. The van der Waals surface area contributed by atoms with Crippen LogP contribution in [0, 0.1) is 13.8 Å². The molecule has 0 bridgehead atoms. The van der Waals surface area contributed by atoms with Crippen molar-refractivity contribution in [3.63, 3.8) is 0 Å². The maximum atomic E-state index is 5.92. The molecule has 0 spiro atoms. The molecule has 0 aliphatic heterocycles. The number of benzene rings is 5. The van der Waals surface area contributed by atoms with E-state index in [1.165, 1.54) is 38.9 Å². The van der Waals surface area contributed by atoms with Crippen molar-refractivity contribution >= 4 is 11.4 Å². The van der Waals surface area contributed by atoms with Crippen molar-refractivity contribution in [2.24, 2.45) is 0 Å². The summed E-state index contributed by atoms with van der Waals surface area (Å²) in [5.74, 6) is 0.946. The van der Waals surface area contributed by atoms with Gasteiger partial charge in [0.05, 0.1) is 7.11 Å². The zero-order valence-electron chi connectivity index (χ0n) is 25.8. The molecule has 0 aromatic heterocycles. The zero-order valence-corrected chi connectivity index (χ0v) is 25.8. The van der Waals surface area contributed by atoms with E-state index in [4.69, 9.17) is 4.74 Å². The van der Waals surface area contributed by atoms with Gasteiger partial charge in [-0.25, -0.2) is 0 Å². The Morgan fingerprint density at radius 1 is 0.535 bits per heavy atom. The van der Waals surface area contributed by atoms with Crippen LogP contribution >= 0.6 is 0 Å². The highest BCUT2D eigenvalue weighted by molar-refractivity contribution is 5.60. The lowest BCUT2D eigenvalue weighted by Crippen LogP contribution is -2.11. The molecule has 0 saturated heterocycles. The average molecular weight is 569 g/mol. The lowest BCUT2D eigenvalue weighted by molar-refractivity contribution is 0.409. The van der Waals surface area contributed by atoms with E-state index in [0.717, 1.165) is 55.9 Å². The average Bonchev–Trinajstić information content (AvgIpc) is 3.05. The summed E-state index contributed by atoms with van der Waals surface area (Å²) >= 11 is 0. The van der Waals surface area contributed by atoms with E-state index in [9.17, 15) is 0 Å². The van der Waals surface area contributed by atoms with Gasteiger partial charge in [-0.2, -0.15) is 0 Å². The number of rotatable bonds is 14.